The Morgan fingerprint density at radius 3 is 2.62 bits per heavy atom. The molecule has 1 spiro atoms. The van der Waals surface area contributed by atoms with Crippen molar-refractivity contribution in [1.29, 1.82) is 0 Å². The molecule has 1 unspecified atom stereocenters. The summed E-state index contributed by atoms with van der Waals surface area (Å²) in [5, 5.41) is 5.54. The van der Waals surface area contributed by atoms with E-state index in [-0.39, 0.29) is 25.9 Å². The summed E-state index contributed by atoms with van der Waals surface area (Å²) in [4.78, 5) is 11.9. The molecule has 8 heteroatoms. The fourth-order valence-corrected chi connectivity index (χ4v) is 3.54. The number of alkyl halides is 3. The maximum absolute atomic E-state index is 12.9. The highest BCUT2D eigenvalue weighted by Crippen LogP contribution is 2.34. The van der Waals surface area contributed by atoms with E-state index in [1.54, 1.807) is 0 Å². The molecule has 3 rings (SSSR count). The lowest BCUT2D eigenvalue weighted by Crippen LogP contribution is -2.65. The number of ether oxygens (including phenoxy) is 2. The molecule has 1 amide bonds. The van der Waals surface area contributed by atoms with Crippen LogP contribution < -0.4 is 10.6 Å². The van der Waals surface area contributed by atoms with E-state index in [4.69, 9.17) is 9.47 Å². The average molecular weight is 372 g/mol. The second-order valence-electron chi connectivity index (χ2n) is 7.01. The van der Waals surface area contributed by atoms with Crippen molar-refractivity contribution in [1.82, 2.24) is 10.6 Å². The number of halogens is 3. The van der Waals surface area contributed by atoms with Gasteiger partial charge in [-0.15, -0.1) is 0 Å². The highest BCUT2D eigenvalue weighted by molar-refractivity contribution is 5.67. The molecule has 1 aliphatic carbocycles. The third-order valence-electron chi connectivity index (χ3n) is 5.02. The first-order chi connectivity index (χ1) is 12.4. The number of rotatable bonds is 3. The zero-order chi connectivity index (χ0) is 18.6. The minimum absolute atomic E-state index is 0.100. The van der Waals surface area contributed by atoms with Crippen molar-refractivity contribution in [3.63, 3.8) is 0 Å². The van der Waals surface area contributed by atoms with Crippen molar-refractivity contribution < 1.29 is 27.4 Å². The third kappa shape index (κ3) is 4.88. The number of carbonyl (C=O) groups is 1. The lowest BCUT2D eigenvalue weighted by Gasteiger charge is -2.46. The van der Waals surface area contributed by atoms with Gasteiger partial charge in [-0.3, -0.25) is 5.32 Å². The average Bonchev–Trinajstić information content (AvgIpc) is 2.63. The summed E-state index contributed by atoms with van der Waals surface area (Å²) < 4.78 is 49.2. The molecule has 0 aromatic heterocycles. The van der Waals surface area contributed by atoms with Crippen molar-refractivity contribution >= 4 is 6.09 Å². The molecule has 2 fully saturated rings. The van der Waals surface area contributed by atoms with Gasteiger partial charge in [0.1, 0.15) is 12.6 Å². The van der Waals surface area contributed by atoms with Crippen LogP contribution in [-0.2, 0) is 16.1 Å². The fourth-order valence-electron chi connectivity index (χ4n) is 3.54. The minimum Gasteiger partial charge on any atom is -0.445 e. The molecular formula is C18H23F3N2O3. The van der Waals surface area contributed by atoms with Crippen LogP contribution in [0, 0.1) is 0 Å². The number of amides is 1. The summed E-state index contributed by atoms with van der Waals surface area (Å²) >= 11 is 0. The first-order valence-electron chi connectivity index (χ1n) is 8.76. The van der Waals surface area contributed by atoms with Gasteiger partial charge in [0.15, 0.2) is 0 Å². The highest BCUT2D eigenvalue weighted by Gasteiger charge is 2.49. The first-order valence-corrected chi connectivity index (χ1v) is 8.76. The number of morpholine rings is 1. The Kier molecular flexibility index (Phi) is 5.72. The summed E-state index contributed by atoms with van der Waals surface area (Å²) in [6.07, 6.45) is -2.62. The van der Waals surface area contributed by atoms with E-state index in [2.05, 4.69) is 10.6 Å². The number of carbonyl (C=O) groups excluding carboxylic acids is 1. The molecule has 144 valence electrons. The second kappa shape index (κ2) is 7.84. The van der Waals surface area contributed by atoms with Crippen molar-refractivity contribution in [2.24, 2.45) is 0 Å². The summed E-state index contributed by atoms with van der Waals surface area (Å²) in [7, 11) is 0. The van der Waals surface area contributed by atoms with Crippen molar-refractivity contribution in [3.05, 3.63) is 35.9 Å². The molecule has 1 saturated heterocycles. The summed E-state index contributed by atoms with van der Waals surface area (Å²) in [5.41, 5.74) is 0.233. The third-order valence-corrected chi connectivity index (χ3v) is 5.02. The predicted molar refractivity (Wildman–Crippen MR) is 88.5 cm³/mol. The van der Waals surface area contributed by atoms with Crippen LogP contribution >= 0.6 is 0 Å². The molecule has 0 radical (unpaired) electrons. The Hall–Kier alpha value is -1.80. The molecule has 0 bridgehead atoms. The Morgan fingerprint density at radius 1 is 1.27 bits per heavy atom. The van der Waals surface area contributed by atoms with Gasteiger partial charge in [-0.1, -0.05) is 30.3 Å². The largest absolute Gasteiger partial charge is 0.445 e. The normalized spacial score (nSPS) is 29.3. The zero-order valence-electron chi connectivity index (χ0n) is 14.3. The topological polar surface area (TPSA) is 59.6 Å². The maximum atomic E-state index is 12.9. The van der Waals surface area contributed by atoms with Crippen molar-refractivity contribution in [3.8, 4) is 0 Å². The molecule has 5 nitrogen and oxygen atoms in total. The number of hydrogen-bond donors (Lipinski definition) is 2. The van der Waals surface area contributed by atoms with E-state index >= 15 is 0 Å². The van der Waals surface area contributed by atoms with E-state index in [1.807, 2.05) is 30.3 Å². The minimum atomic E-state index is -4.32. The first kappa shape index (κ1) is 19.0. The number of hydrogen-bond acceptors (Lipinski definition) is 4. The van der Waals surface area contributed by atoms with Crippen LogP contribution in [-0.4, -0.2) is 43.1 Å². The van der Waals surface area contributed by atoms with Crippen LogP contribution in [0.2, 0.25) is 0 Å². The molecule has 1 saturated carbocycles. The van der Waals surface area contributed by atoms with Crippen LogP contribution in [0.4, 0.5) is 18.0 Å². The van der Waals surface area contributed by atoms with Crippen molar-refractivity contribution in [2.75, 3.05) is 13.2 Å². The number of benzene rings is 1. The van der Waals surface area contributed by atoms with Gasteiger partial charge < -0.3 is 14.8 Å². The zero-order valence-corrected chi connectivity index (χ0v) is 14.3. The molecule has 1 aromatic carbocycles. The van der Waals surface area contributed by atoms with Crippen LogP contribution in [0.1, 0.15) is 31.2 Å². The van der Waals surface area contributed by atoms with Gasteiger partial charge in [-0.25, -0.2) is 4.79 Å². The number of alkyl carbamates (subject to hydrolysis) is 1. The second-order valence-corrected chi connectivity index (χ2v) is 7.01. The van der Waals surface area contributed by atoms with E-state index in [0.717, 1.165) is 5.56 Å². The molecule has 2 aliphatic rings. The van der Waals surface area contributed by atoms with Crippen LogP contribution in [0.15, 0.2) is 30.3 Å². The fraction of sp³-hybridized carbons (Fsp3) is 0.611. The van der Waals surface area contributed by atoms with Crippen LogP contribution in [0.25, 0.3) is 0 Å². The summed E-state index contributed by atoms with van der Waals surface area (Å²) in [6, 6.07) is 7.62. The lowest BCUT2D eigenvalue weighted by atomic mass is 9.78. The molecule has 2 N–H and O–H groups in total. The smallest absolute Gasteiger partial charge is 0.407 e. The molecular weight excluding hydrogens is 349 g/mol. The van der Waals surface area contributed by atoms with Gasteiger partial charge >= 0.3 is 12.3 Å². The molecule has 1 aromatic rings. The molecule has 26 heavy (non-hydrogen) atoms. The van der Waals surface area contributed by atoms with Gasteiger partial charge in [0.05, 0.1) is 13.2 Å². The molecule has 1 atom stereocenters. The summed E-state index contributed by atoms with van der Waals surface area (Å²) in [6.45, 7) is 0.107. The molecule has 1 aliphatic heterocycles. The van der Waals surface area contributed by atoms with Crippen molar-refractivity contribution in [2.45, 2.75) is 56.1 Å². The van der Waals surface area contributed by atoms with Gasteiger partial charge in [-0.05, 0) is 31.2 Å². The van der Waals surface area contributed by atoms with Gasteiger partial charge in [0.25, 0.3) is 0 Å². The Bertz CT molecular complexity index is 601. The van der Waals surface area contributed by atoms with E-state index in [0.29, 0.717) is 25.7 Å². The maximum Gasteiger partial charge on any atom is 0.407 e. The number of nitrogens with one attached hydrogen (secondary N) is 2. The highest BCUT2D eigenvalue weighted by atomic mass is 19.4. The van der Waals surface area contributed by atoms with Gasteiger partial charge in [0, 0.05) is 11.6 Å². The lowest BCUT2D eigenvalue weighted by molar-refractivity contribution is -0.192. The Balaban J connectivity index is 1.44. The van der Waals surface area contributed by atoms with Gasteiger partial charge in [0.2, 0.25) is 0 Å². The predicted octanol–water partition coefficient (Wildman–Crippen LogP) is 3.14. The molecule has 1 heterocycles. The standard InChI is InChI=1S/C18H23F3N2O3/c19-18(20,21)15-11-25-12-17(23-15)8-6-14(7-9-17)22-16(24)26-10-13-4-2-1-3-5-13/h1-5,14-15,23H,6-12H2,(H,22,24). The van der Waals surface area contributed by atoms with E-state index < -0.39 is 23.9 Å². The SMILES string of the molecule is O=C(NC1CCC2(CC1)COCC(C(F)(F)F)N2)OCc1ccccc1. The summed E-state index contributed by atoms with van der Waals surface area (Å²) in [5.74, 6) is 0. The van der Waals surface area contributed by atoms with Crippen LogP contribution in [0.5, 0.6) is 0 Å². The quantitative estimate of drug-likeness (QED) is 0.856. The Labute approximate surface area is 150 Å². The van der Waals surface area contributed by atoms with E-state index in [1.165, 1.54) is 0 Å². The van der Waals surface area contributed by atoms with E-state index in [9.17, 15) is 18.0 Å². The Morgan fingerprint density at radius 2 is 1.96 bits per heavy atom. The van der Waals surface area contributed by atoms with Crippen LogP contribution in [0.3, 0.4) is 0 Å². The van der Waals surface area contributed by atoms with Gasteiger partial charge in [-0.2, -0.15) is 13.2 Å². The monoisotopic (exact) mass is 372 g/mol.